The molecular formula is C10H17N3OS. The van der Waals surface area contributed by atoms with Crippen molar-refractivity contribution in [2.75, 3.05) is 18.1 Å². The number of aliphatic hydroxyl groups is 1. The van der Waals surface area contributed by atoms with Crippen LogP contribution in [-0.2, 0) is 5.75 Å². The normalized spacial score (nSPS) is 12.7. The molecule has 0 saturated heterocycles. The van der Waals surface area contributed by atoms with Crippen molar-refractivity contribution in [2.45, 2.75) is 19.6 Å². The number of anilines is 1. The maximum Gasteiger partial charge on any atom is 0.140 e. The van der Waals surface area contributed by atoms with E-state index in [0.717, 1.165) is 23.0 Å². The number of thioether (sulfide) groups is 1. The lowest BCUT2D eigenvalue weighted by atomic mass is 10.2. The number of hydrogen-bond acceptors (Lipinski definition) is 5. The Hall–Kier alpha value is -0.810. The predicted octanol–water partition coefficient (Wildman–Crippen LogP) is 1.23. The molecule has 0 fully saturated rings. The zero-order chi connectivity index (χ0) is 11.3. The van der Waals surface area contributed by atoms with Gasteiger partial charge >= 0.3 is 0 Å². The molecule has 0 bridgehead atoms. The van der Waals surface area contributed by atoms with Gasteiger partial charge in [-0.3, -0.25) is 0 Å². The number of nitrogens with two attached hydrogens (primary N) is 1. The van der Waals surface area contributed by atoms with E-state index in [1.54, 1.807) is 17.8 Å². The number of nitrogens with zero attached hydrogens (tertiary/aromatic N) is 2. The highest BCUT2D eigenvalue weighted by atomic mass is 32.2. The topological polar surface area (TPSA) is 72.0 Å². The highest BCUT2D eigenvalue weighted by Crippen LogP contribution is 2.13. The number of rotatable bonds is 5. The van der Waals surface area contributed by atoms with Crippen LogP contribution in [0.3, 0.4) is 0 Å². The molecule has 0 aliphatic heterocycles. The van der Waals surface area contributed by atoms with Gasteiger partial charge in [-0.15, -0.1) is 0 Å². The van der Waals surface area contributed by atoms with E-state index in [4.69, 9.17) is 10.8 Å². The van der Waals surface area contributed by atoms with Crippen LogP contribution in [0.15, 0.2) is 6.07 Å². The minimum Gasteiger partial charge on any atom is -0.396 e. The summed E-state index contributed by atoms with van der Waals surface area (Å²) >= 11 is 1.72. The molecule has 0 spiro atoms. The first kappa shape index (κ1) is 12.3. The lowest BCUT2D eigenvalue weighted by molar-refractivity contribution is 0.250. The van der Waals surface area contributed by atoms with Gasteiger partial charge in [0, 0.05) is 18.4 Å². The number of hydrogen-bond donors (Lipinski definition) is 2. The first-order chi connectivity index (χ1) is 7.11. The van der Waals surface area contributed by atoms with Crippen LogP contribution in [0.1, 0.15) is 18.4 Å². The Labute approximate surface area is 94.3 Å². The summed E-state index contributed by atoms with van der Waals surface area (Å²) < 4.78 is 0. The third kappa shape index (κ3) is 4.48. The molecule has 84 valence electrons. The fourth-order valence-electron chi connectivity index (χ4n) is 1.12. The van der Waals surface area contributed by atoms with Gasteiger partial charge in [0.15, 0.2) is 0 Å². The van der Waals surface area contributed by atoms with Crippen LogP contribution in [0.4, 0.5) is 5.82 Å². The number of aryl methyl sites for hydroxylation is 1. The van der Waals surface area contributed by atoms with Crippen LogP contribution in [0, 0.1) is 12.8 Å². The summed E-state index contributed by atoms with van der Waals surface area (Å²) in [6.07, 6.45) is 0. The first-order valence-corrected chi connectivity index (χ1v) is 6.06. The molecule has 0 aliphatic rings. The second-order valence-corrected chi connectivity index (χ2v) is 4.68. The van der Waals surface area contributed by atoms with Crippen LogP contribution < -0.4 is 5.73 Å². The Morgan fingerprint density at radius 2 is 2.27 bits per heavy atom. The predicted molar refractivity (Wildman–Crippen MR) is 63.6 cm³/mol. The third-order valence-corrected chi connectivity index (χ3v) is 3.13. The molecule has 1 rings (SSSR count). The van der Waals surface area contributed by atoms with Crippen molar-refractivity contribution in [2.24, 2.45) is 5.92 Å². The van der Waals surface area contributed by atoms with Gasteiger partial charge in [-0.2, -0.15) is 11.8 Å². The van der Waals surface area contributed by atoms with Gasteiger partial charge in [-0.1, -0.05) is 6.92 Å². The number of nitrogen functional groups attached to an aromatic ring is 1. The van der Waals surface area contributed by atoms with E-state index in [2.05, 4.69) is 9.97 Å². The summed E-state index contributed by atoms with van der Waals surface area (Å²) in [5.74, 6) is 3.26. The van der Waals surface area contributed by atoms with Crippen molar-refractivity contribution in [1.82, 2.24) is 9.97 Å². The Morgan fingerprint density at radius 3 is 2.87 bits per heavy atom. The quantitative estimate of drug-likeness (QED) is 0.791. The Bertz CT molecular complexity index is 299. The second-order valence-electron chi connectivity index (χ2n) is 3.65. The minimum absolute atomic E-state index is 0.226. The second kappa shape index (κ2) is 5.92. The maximum absolute atomic E-state index is 8.86. The van der Waals surface area contributed by atoms with E-state index >= 15 is 0 Å². The SMILES string of the molecule is Cc1cc(N)nc(CSCC(C)CO)n1. The van der Waals surface area contributed by atoms with Crippen molar-refractivity contribution in [3.63, 3.8) is 0 Å². The molecule has 0 radical (unpaired) electrons. The average molecular weight is 227 g/mol. The fraction of sp³-hybridized carbons (Fsp3) is 0.600. The summed E-state index contributed by atoms with van der Waals surface area (Å²) in [6, 6.07) is 1.75. The Morgan fingerprint density at radius 1 is 1.53 bits per heavy atom. The highest BCUT2D eigenvalue weighted by Gasteiger charge is 2.03. The molecule has 3 N–H and O–H groups in total. The molecule has 15 heavy (non-hydrogen) atoms. The summed E-state index contributed by atoms with van der Waals surface area (Å²) in [4.78, 5) is 8.42. The van der Waals surface area contributed by atoms with E-state index in [9.17, 15) is 0 Å². The number of aromatic nitrogens is 2. The van der Waals surface area contributed by atoms with Crippen molar-refractivity contribution >= 4 is 17.6 Å². The highest BCUT2D eigenvalue weighted by molar-refractivity contribution is 7.98. The van der Waals surface area contributed by atoms with Gasteiger partial charge in [0.25, 0.3) is 0 Å². The minimum atomic E-state index is 0.226. The summed E-state index contributed by atoms with van der Waals surface area (Å²) in [5.41, 5.74) is 6.51. The van der Waals surface area contributed by atoms with Crippen LogP contribution in [-0.4, -0.2) is 27.4 Å². The molecule has 0 amide bonds. The molecule has 0 aliphatic carbocycles. The molecule has 0 aromatic carbocycles. The van der Waals surface area contributed by atoms with Crippen LogP contribution in [0.2, 0.25) is 0 Å². The van der Waals surface area contributed by atoms with Gasteiger partial charge in [0.1, 0.15) is 11.6 Å². The molecular weight excluding hydrogens is 210 g/mol. The van der Waals surface area contributed by atoms with E-state index in [0.29, 0.717) is 11.7 Å². The van der Waals surface area contributed by atoms with Gasteiger partial charge in [0.05, 0.1) is 5.75 Å². The van der Waals surface area contributed by atoms with Crippen molar-refractivity contribution in [3.8, 4) is 0 Å². The molecule has 1 atom stereocenters. The molecule has 1 heterocycles. The van der Waals surface area contributed by atoms with E-state index < -0.39 is 0 Å². The van der Waals surface area contributed by atoms with Crippen LogP contribution in [0.5, 0.6) is 0 Å². The van der Waals surface area contributed by atoms with Gasteiger partial charge in [-0.25, -0.2) is 9.97 Å². The largest absolute Gasteiger partial charge is 0.396 e. The standard InChI is InChI=1S/C10H17N3OS/c1-7(4-14)5-15-6-10-12-8(2)3-9(11)13-10/h3,7,14H,4-6H2,1-2H3,(H2,11,12,13). The van der Waals surface area contributed by atoms with Crippen molar-refractivity contribution in [1.29, 1.82) is 0 Å². The lowest BCUT2D eigenvalue weighted by Gasteiger charge is -2.07. The molecule has 5 heteroatoms. The van der Waals surface area contributed by atoms with Crippen molar-refractivity contribution in [3.05, 3.63) is 17.6 Å². The molecule has 0 saturated carbocycles. The average Bonchev–Trinajstić information content (AvgIpc) is 2.16. The van der Waals surface area contributed by atoms with E-state index in [-0.39, 0.29) is 6.61 Å². The molecule has 1 unspecified atom stereocenters. The molecule has 4 nitrogen and oxygen atoms in total. The zero-order valence-electron chi connectivity index (χ0n) is 9.10. The summed E-state index contributed by atoms with van der Waals surface area (Å²) in [7, 11) is 0. The molecule has 1 aromatic rings. The van der Waals surface area contributed by atoms with Gasteiger partial charge in [-0.05, 0) is 18.6 Å². The summed E-state index contributed by atoms with van der Waals surface area (Å²) in [5, 5.41) is 8.86. The molecule has 1 aromatic heterocycles. The first-order valence-electron chi connectivity index (χ1n) is 4.90. The van der Waals surface area contributed by atoms with E-state index in [1.165, 1.54) is 0 Å². The Balaban J connectivity index is 2.43. The Kier molecular flexibility index (Phi) is 4.84. The smallest absolute Gasteiger partial charge is 0.140 e. The summed E-state index contributed by atoms with van der Waals surface area (Å²) in [6.45, 7) is 4.14. The van der Waals surface area contributed by atoms with Crippen LogP contribution >= 0.6 is 11.8 Å². The maximum atomic E-state index is 8.86. The van der Waals surface area contributed by atoms with Crippen molar-refractivity contribution < 1.29 is 5.11 Å². The van der Waals surface area contributed by atoms with Crippen LogP contribution in [0.25, 0.3) is 0 Å². The lowest BCUT2D eigenvalue weighted by Crippen LogP contribution is -2.05. The fourth-order valence-corrected chi connectivity index (χ4v) is 2.06. The zero-order valence-corrected chi connectivity index (χ0v) is 9.92. The van der Waals surface area contributed by atoms with Gasteiger partial charge in [0.2, 0.25) is 0 Å². The van der Waals surface area contributed by atoms with E-state index in [1.807, 2.05) is 13.8 Å². The number of aliphatic hydroxyl groups excluding tert-OH is 1. The third-order valence-electron chi connectivity index (χ3n) is 1.87. The monoisotopic (exact) mass is 227 g/mol. The van der Waals surface area contributed by atoms with Gasteiger partial charge < -0.3 is 10.8 Å².